The maximum Gasteiger partial charge on any atom is 0.274 e. The van der Waals surface area contributed by atoms with Crippen LogP contribution in [0.1, 0.15) is 16.1 Å². The van der Waals surface area contributed by atoms with Crippen LogP contribution in [0.2, 0.25) is 0 Å². The number of aromatic nitrogens is 1. The summed E-state index contributed by atoms with van der Waals surface area (Å²) < 4.78 is 13.7. The lowest BCUT2D eigenvalue weighted by Crippen LogP contribution is -2.13. The lowest BCUT2D eigenvalue weighted by molar-refractivity contribution is 0.102. The molecule has 2 rings (SSSR count). The number of anilines is 1. The molecule has 0 spiro atoms. The molecule has 0 aliphatic carbocycles. The maximum absolute atomic E-state index is 13.7. The summed E-state index contributed by atoms with van der Waals surface area (Å²) in [7, 11) is 0. The lowest BCUT2D eigenvalue weighted by Gasteiger charge is -2.05. The first kappa shape index (κ1) is 13.7. The molecule has 0 fully saturated rings. The molecule has 0 atom stereocenters. The normalized spacial score (nSPS) is 9.50. The first-order chi connectivity index (χ1) is 9.70. The molecule has 1 aromatic carbocycles. The molecule has 0 aliphatic rings. The van der Waals surface area contributed by atoms with Gasteiger partial charge < -0.3 is 10.4 Å². The van der Waals surface area contributed by atoms with E-state index in [2.05, 4.69) is 22.1 Å². The van der Waals surface area contributed by atoms with Crippen molar-refractivity contribution < 1.29 is 14.3 Å². The zero-order chi connectivity index (χ0) is 14.4. The summed E-state index contributed by atoms with van der Waals surface area (Å²) in [4.78, 5) is 15.7. The van der Waals surface area contributed by atoms with E-state index in [4.69, 9.17) is 5.11 Å². The Morgan fingerprint density at radius 2 is 2.20 bits per heavy atom. The highest BCUT2D eigenvalue weighted by Gasteiger charge is 2.08. The van der Waals surface area contributed by atoms with Gasteiger partial charge in [0.05, 0.1) is 5.56 Å². The third-order valence-electron chi connectivity index (χ3n) is 2.43. The number of halogens is 1. The van der Waals surface area contributed by atoms with Gasteiger partial charge in [-0.15, -0.1) is 0 Å². The number of nitrogens with one attached hydrogen (secondary N) is 1. The van der Waals surface area contributed by atoms with E-state index >= 15 is 0 Å². The molecule has 0 radical (unpaired) electrons. The molecule has 20 heavy (non-hydrogen) atoms. The second-order valence-corrected chi connectivity index (χ2v) is 3.82. The van der Waals surface area contributed by atoms with Crippen LogP contribution in [0.5, 0.6) is 0 Å². The van der Waals surface area contributed by atoms with E-state index in [1.807, 2.05) is 0 Å². The molecule has 5 heteroatoms. The SMILES string of the molecule is O=C(Nc1ccc(C#CCO)c(F)c1)c1ccccn1. The summed E-state index contributed by atoms with van der Waals surface area (Å²) in [5.74, 6) is 3.85. The minimum absolute atomic E-state index is 0.162. The zero-order valence-corrected chi connectivity index (χ0v) is 10.4. The molecule has 0 unspecified atom stereocenters. The van der Waals surface area contributed by atoms with Crippen molar-refractivity contribution in [3.05, 3.63) is 59.7 Å². The summed E-state index contributed by atoms with van der Waals surface area (Å²) in [6.45, 7) is -0.336. The number of hydrogen-bond acceptors (Lipinski definition) is 3. The summed E-state index contributed by atoms with van der Waals surface area (Å²) >= 11 is 0. The highest BCUT2D eigenvalue weighted by atomic mass is 19.1. The molecule has 1 heterocycles. The van der Waals surface area contributed by atoms with Crippen molar-refractivity contribution in [2.45, 2.75) is 0 Å². The van der Waals surface area contributed by atoms with E-state index in [0.717, 1.165) is 0 Å². The first-order valence-corrected chi connectivity index (χ1v) is 5.82. The highest BCUT2D eigenvalue weighted by Crippen LogP contribution is 2.14. The van der Waals surface area contributed by atoms with Crippen molar-refractivity contribution in [2.24, 2.45) is 0 Å². The maximum atomic E-state index is 13.7. The molecular weight excluding hydrogens is 259 g/mol. The molecule has 0 saturated heterocycles. The molecule has 100 valence electrons. The number of pyridine rings is 1. The van der Waals surface area contributed by atoms with Gasteiger partial charge in [-0.25, -0.2) is 4.39 Å². The third kappa shape index (κ3) is 3.40. The van der Waals surface area contributed by atoms with Crippen LogP contribution in [-0.4, -0.2) is 22.6 Å². The quantitative estimate of drug-likeness (QED) is 0.818. The van der Waals surface area contributed by atoms with Gasteiger partial charge in [-0.3, -0.25) is 9.78 Å². The number of aliphatic hydroxyl groups excluding tert-OH is 1. The number of carbonyl (C=O) groups is 1. The number of rotatable bonds is 2. The lowest BCUT2D eigenvalue weighted by atomic mass is 10.2. The number of amides is 1. The van der Waals surface area contributed by atoms with Gasteiger partial charge in [-0.1, -0.05) is 17.9 Å². The monoisotopic (exact) mass is 270 g/mol. The van der Waals surface area contributed by atoms with Gasteiger partial charge in [0.1, 0.15) is 18.1 Å². The topological polar surface area (TPSA) is 62.2 Å². The van der Waals surface area contributed by atoms with E-state index < -0.39 is 11.7 Å². The van der Waals surface area contributed by atoms with Crippen LogP contribution in [0.4, 0.5) is 10.1 Å². The highest BCUT2D eigenvalue weighted by molar-refractivity contribution is 6.02. The predicted molar refractivity (Wildman–Crippen MR) is 72.6 cm³/mol. The number of benzene rings is 1. The molecule has 2 N–H and O–H groups in total. The van der Waals surface area contributed by atoms with Crippen LogP contribution < -0.4 is 5.32 Å². The van der Waals surface area contributed by atoms with E-state index in [1.54, 1.807) is 18.2 Å². The summed E-state index contributed by atoms with van der Waals surface area (Å²) in [6.07, 6.45) is 1.50. The average Bonchev–Trinajstić information content (AvgIpc) is 2.47. The van der Waals surface area contributed by atoms with Crippen LogP contribution in [0.25, 0.3) is 0 Å². The van der Waals surface area contributed by atoms with Crippen molar-refractivity contribution in [3.63, 3.8) is 0 Å². The van der Waals surface area contributed by atoms with Gasteiger partial charge in [0.15, 0.2) is 0 Å². The zero-order valence-electron chi connectivity index (χ0n) is 10.4. The number of aliphatic hydroxyl groups is 1. The third-order valence-corrected chi connectivity index (χ3v) is 2.43. The van der Waals surface area contributed by atoms with Gasteiger partial charge >= 0.3 is 0 Å². The number of hydrogen-bond donors (Lipinski definition) is 2. The Balaban J connectivity index is 2.15. The fourth-order valence-electron chi connectivity index (χ4n) is 1.52. The molecule has 1 amide bonds. The molecule has 4 nitrogen and oxygen atoms in total. The Morgan fingerprint density at radius 1 is 1.35 bits per heavy atom. The van der Waals surface area contributed by atoms with Crippen molar-refractivity contribution in [1.29, 1.82) is 0 Å². The van der Waals surface area contributed by atoms with Gasteiger partial charge in [-0.2, -0.15) is 0 Å². The van der Waals surface area contributed by atoms with E-state index in [0.29, 0.717) is 5.69 Å². The molecule has 0 saturated carbocycles. The smallest absolute Gasteiger partial charge is 0.274 e. The van der Waals surface area contributed by atoms with Gasteiger partial charge in [0.25, 0.3) is 5.91 Å². The summed E-state index contributed by atoms with van der Waals surface area (Å²) in [6, 6.07) is 9.09. The number of carbonyl (C=O) groups excluding carboxylic acids is 1. The Bertz CT molecular complexity index is 675. The average molecular weight is 270 g/mol. The van der Waals surface area contributed by atoms with Gasteiger partial charge in [-0.05, 0) is 30.3 Å². The van der Waals surface area contributed by atoms with Crippen LogP contribution in [0.3, 0.4) is 0 Å². The van der Waals surface area contributed by atoms with Crippen LogP contribution in [0.15, 0.2) is 42.6 Å². The van der Waals surface area contributed by atoms with Crippen LogP contribution in [0, 0.1) is 17.7 Å². The van der Waals surface area contributed by atoms with Crippen LogP contribution in [-0.2, 0) is 0 Å². The first-order valence-electron chi connectivity index (χ1n) is 5.82. The summed E-state index contributed by atoms with van der Waals surface area (Å²) in [5, 5.41) is 11.1. The molecule has 0 bridgehead atoms. The minimum atomic E-state index is -0.565. The fraction of sp³-hybridized carbons (Fsp3) is 0.0667. The van der Waals surface area contributed by atoms with Crippen molar-refractivity contribution >= 4 is 11.6 Å². The van der Waals surface area contributed by atoms with Crippen molar-refractivity contribution in [2.75, 3.05) is 11.9 Å². The van der Waals surface area contributed by atoms with Crippen molar-refractivity contribution in [3.8, 4) is 11.8 Å². The Kier molecular flexibility index (Phi) is 4.43. The largest absolute Gasteiger partial charge is 0.384 e. The Hall–Kier alpha value is -2.71. The van der Waals surface area contributed by atoms with Crippen molar-refractivity contribution in [1.82, 2.24) is 4.98 Å². The minimum Gasteiger partial charge on any atom is -0.384 e. The molecule has 1 aromatic heterocycles. The summed E-state index contributed by atoms with van der Waals surface area (Å²) in [5.41, 5.74) is 0.722. The molecular formula is C15H11FN2O2. The van der Waals surface area contributed by atoms with E-state index in [1.165, 1.54) is 24.4 Å². The Labute approximate surface area is 115 Å². The molecule has 0 aliphatic heterocycles. The predicted octanol–water partition coefficient (Wildman–Crippen LogP) is 1.82. The van der Waals surface area contributed by atoms with Gasteiger partial charge in [0, 0.05) is 11.9 Å². The van der Waals surface area contributed by atoms with E-state index in [9.17, 15) is 9.18 Å². The van der Waals surface area contributed by atoms with E-state index in [-0.39, 0.29) is 17.9 Å². The standard InChI is InChI=1S/C15H11FN2O2/c16-13-10-12(7-6-11(13)4-3-9-19)18-15(20)14-5-1-2-8-17-14/h1-2,5-8,10,19H,9H2,(H,18,20). The van der Waals surface area contributed by atoms with Gasteiger partial charge in [0.2, 0.25) is 0 Å². The Morgan fingerprint density at radius 3 is 2.85 bits per heavy atom. The second kappa shape index (κ2) is 6.45. The van der Waals surface area contributed by atoms with Crippen LogP contribution >= 0.6 is 0 Å². The fourth-order valence-corrected chi connectivity index (χ4v) is 1.52. The number of nitrogens with zero attached hydrogens (tertiary/aromatic N) is 1. The second-order valence-electron chi connectivity index (χ2n) is 3.82. The molecule has 2 aromatic rings.